The normalized spacial score (nSPS) is 12.6. The highest BCUT2D eigenvalue weighted by Crippen LogP contribution is 2.14. The Morgan fingerprint density at radius 3 is 2.78 bits per heavy atom. The van der Waals surface area contributed by atoms with E-state index in [-0.39, 0.29) is 11.9 Å². The van der Waals surface area contributed by atoms with Crippen LogP contribution in [-0.4, -0.2) is 12.5 Å². The van der Waals surface area contributed by atoms with E-state index in [0.717, 1.165) is 12.0 Å². The molecule has 18 heavy (non-hydrogen) atoms. The first-order valence-electron chi connectivity index (χ1n) is 6.42. The number of carbonyl (C=O) groups is 1. The Bertz CT molecular complexity index is 373. The molecule has 98 valence electrons. The molecular formula is C15H22N2O. The van der Waals surface area contributed by atoms with Crippen LogP contribution in [-0.2, 0) is 4.79 Å². The summed E-state index contributed by atoms with van der Waals surface area (Å²) in [6.07, 6.45) is 6.06. The van der Waals surface area contributed by atoms with Gasteiger partial charge in [-0.2, -0.15) is 0 Å². The van der Waals surface area contributed by atoms with Gasteiger partial charge in [0.1, 0.15) is 0 Å². The van der Waals surface area contributed by atoms with Gasteiger partial charge in [0, 0.05) is 19.0 Å². The zero-order chi connectivity index (χ0) is 13.2. The predicted molar refractivity (Wildman–Crippen MR) is 75.0 cm³/mol. The molecule has 0 aliphatic carbocycles. The van der Waals surface area contributed by atoms with E-state index in [9.17, 15) is 4.79 Å². The van der Waals surface area contributed by atoms with Gasteiger partial charge in [-0.1, -0.05) is 42.5 Å². The lowest BCUT2D eigenvalue weighted by atomic mass is 10.0. The van der Waals surface area contributed by atoms with E-state index < -0.39 is 0 Å². The van der Waals surface area contributed by atoms with Gasteiger partial charge in [-0.15, -0.1) is 0 Å². The van der Waals surface area contributed by atoms with Gasteiger partial charge in [0.25, 0.3) is 0 Å². The molecule has 0 fully saturated rings. The maximum Gasteiger partial charge on any atom is 0.220 e. The quantitative estimate of drug-likeness (QED) is 0.574. The van der Waals surface area contributed by atoms with Crippen molar-refractivity contribution < 1.29 is 4.79 Å². The number of nitrogens with two attached hydrogens (primary N) is 1. The molecule has 0 aliphatic rings. The lowest BCUT2D eigenvalue weighted by molar-refractivity contribution is -0.121. The second kappa shape index (κ2) is 8.48. The van der Waals surface area contributed by atoms with Crippen molar-refractivity contribution in [1.82, 2.24) is 5.32 Å². The zero-order valence-corrected chi connectivity index (χ0v) is 10.9. The molecule has 0 aromatic heterocycles. The maximum absolute atomic E-state index is 11.6. The fourth-order valence-corrected chi connectivity index (χ4v) is 1.70. The standard InChI is InChI=1S/C15H22N2O/c1-2-3-7-12-17-15(18)11-10-14(16)13-8-5-4-6-9-13/h2-6,8-9,14H,7,10-12,16H2,1H3,(H,17,18)/b3-2+. The fraction of sp³-hybridized carbons (Fsp3) is 0.400. The average molecular weight is 246 g/mol. The summed E-state index contributed by atoms with van der Waals surface area (Å²) in [5, 5.41) is 2.88. The van der Waals surface area contributed by atoms with Gasteiger partial charge in [-0.3, -0.25) is 4.79 Å². The summed E-state index contributed by atoms with van der Waals surface area (Å²) < 4.78 is 0. The molecule has 3 nitrogen and oxygen atoms in total. The largest absolute Gasteiger partial charge is 0.356 e. The minimum Gasteiger partial charge on any atom is -0.356 e. The van der Waals surface area contributed by atoms with Gasteiger partial charge in [0.15, 0.2) is 0 Å². The number of rotatable bonds is 7. The molecule has 1 rings (SSSR count). The van der Waals surface area contributed by atoms with Crippen molar-refractivity contribution >= 4 is 5.91 Å². The summed E-state index contributed by atoms with van der Waals surface area (Å²) in [4.78, 5) is 11.6. The summed E-state index contributed by atoms with van der Waals surface area (Å²) in [6.45, 7) is 2.67. The SMILES string of the molecule is C/C=C/CCNC(=O)CCC(N)c1ccccc1. The summed E-state index contributed by atoms with van der Waals surface area (Å²) in [5.41, 5.74) is 7.11. The van der Waals surface area contributed by atoms with Crippen LogP contribution in [0.25, 0.3) is 0 Å². The van der Waals surface area contributed by atoms with Gasteiger partial charge in [-0.05, 0) is 25.3 Å². The summed E-state index contributed by atoms with van der Waals surface area (Å²) in [7, 11) is 0. The molecule has 1 aromatic rings. The predicted octanol–water partition coefficient (Wildman–Crippen LogP) is 2.55. The molecule has 0 saturated carbocycles. The molecule has 3 N–H and O–H groups in total. The summed E-state index contributed by atoms with van der Waals surface area (Å²) >= 11 is 0. The van der Waals surface area contributed by atoms with Crippen LogP contribution in [0.3, 0.4) is 0 Å². The minimum atomic E-state index is -0.0625. The topological polar surface area (TPSA) is 55.1 Å². The third-order valence-corrected chi connectivity index (χ3v) is 2.78. The van der Waals surface area contributed by atoms with E-state index >= 15 is 0 Å². The van der Waals surface area contributed by atoms with Crippen molar-refractivity contribution in [2.45, 2.75) is 32.2 Å². The molecule has 0 spiro atoms. The van der Waals surface area contributed by atoms with Crippen LogP contribution in [0.1, 0.15) is 37.8 Å². The molecule has 0 aliphatic heterocycles. The van der Waals surface area contributed by atoms with E-state index in [1.807, 2.05) is 49.4 Å². The van der Waals surface area contributed by atoms with Gasteiger partial charge in [0.2, 0.25) is 5.91 Å². The summed E-state index contributed by atoms with van der Waals surface area (Å²) in [6, 6.07) is 9.82. The Morgan fingerprint density at radius 2 is 2.11 bits per heavy atom. The Labute approximate surface area is 109 Å². The summed E-state index contributed by atoms with van der Waals surface area (Å²) in [5.74, 6) is 0.0749. The van der Waals surface area contributed by atoms with Crippen molar-refractivity contribution in [2.75, 3.05) is 6.54 Å². The number of hydrogen-bond donors (Lipinski definition) is 2. The fourth-order valence-electron chi connectivity index (χ4n) is 1.70. The smallest absolute Gasteiger partial charge is 0.220 e. The second-order valence-electron chi connectivity index (χ2n) is 4.26. The molecule has 1 unspecified atom stereocenters. The van der Waals surface area contributed by atoms with Crippen LogP contribution in [0.4, 0.5) is 0 Å². The lowest BCUT2D eigenvalue weighted by Gasteiger charge is -2.11. The van der Waals surface area contributed by atoms with Crippen LogP contribution >= 0.6 is 0 Å². The Hall–Kier alpha value is -1.61. The molecule has 1 atom stereocenters. The highest BCUT2D eigenvalue weighted by molar-refractivity contribution is 5.75. The van der Waals surface area contributed by atoms with E-state index in [0.29, 0.717) is 19.4 Å². The molecule has 0 heterocycles. The third kappa shape index (κ3) is 5.64. The van der Waals surface area contributed by atoms with Crippen LogP contribution in [0.15, 0.2) is 42.5 Å². The van der Waals surface area contributed by atoms with E-state index in [4.69, 9.17) is 5.73 Å². The van der Waals surface area contributed by atoms with Crippen molar-refractivity contribution in [1.29, 1.82) is 0 Å². The second-order valence-corrected chi connectivity index (χ2v) is 4.26. The first-order valence-corrected chi connectivity index (χ1v) is 6.42. The Balaban J connectivity index is 2.22. The molecule has 3 heteroatoms. The number of amides is 1. The first kappa shape index (κ1) is 14.5. The highest BCUT2D eigenvalue weighted by Gasteiger charge is 2.08. The van der Waals surface area contributed by atoms with Crippen LogP contribution < -0.4 is 11.1 Å². The highest BCUT2D eigenvalue weighted by atomic mass is 16.1. The molecule has 1 aromatic carbocycles. The number of benzene rings is 1. The first-order chi connectivity index (χ1) is 8.74. The van der Waals surface area contributed by atoms with Gasteiger partial charge < -0.3 is 11.1 Å². The van der Waals surface area contributed by atoms with Crippen molar-refractivity contribution in [2.24, 2.45) is 5.73 Å². The van der Waals surface area contributed by atoms with Crippen molar-refractivity contribution in [3.05, 3.63) is 48.0 Å². The maximum atomic E-state index is 11.6. The Kier molecular flexibility index (Phi) is 6.81. The van der Waals surface area contributed by atoms with Crippen molar-refractivity contribution in [3.8, 4) is 0 Å². The molecule has 0 bridgehead atoms. The van der Waals surface area contributed by atoms with Crippen molar-refractivity contribution in [3.63, 3.8) is 0 Å². The van der Waals surface area contributed by atoms with E-state index in [1.165, 1.54) is 0 Å². The number of allylic oxidation sites excluding steroid dienone is 1. The molecule has 0 saturated heterocycles. The molecule has 1 amide bonds. The Morgan fingerprint density at radius 1 is 1.39 bits per heavy atom. The number of hydrogen-bond acceptors (Lipinski definition) is 2. The van der Waals surface area contributed by atoms with E-state index in [1.54, 1.807) is 0 Å². The van der Waals surface area contributed by atoms with Crippen LogP contribution in [0.2, 0.25) is 0 Å². The monoisotopic (exact) mass is 246 g/mol. The molecule has 0 radical (unpaired) electrons. The number of carbonyl (C=O) groups excluding carboxylic acids is 1. The lowest BCUT2D eigenvalue weighted by Crippen LogP contribution is -2.25. The van der Waals surface area contributed by atoms with Crippen LogP contribution in [0, 0.1) is 0 Å². The minimum absolute atomic E-state index is 0.0625. The average Bonchev–Trinajstić information content (AvgIpc) is 2.42. The van der Waals surface area contributed by atoms with Crippen LogP contribution in [0.5, 0.6) is 0 Å². The third-order valence-electron chi connectivity index (χ3n) is 2.78. The van der Waals surface area contributed by atoms with Gasteiger partial charge in [0.05, 0.1) is 0 Å². The molecular weight excluding hydrogens is 224 g/mol. The van der Waals surface area contributed by atoms with E-state index in [2.05, 4.69) is 5.32 Å². The number of nitrogens with one attached hydrogen (secondary N) is 1. The van der Waals surface area contributed by atoms with Gasteiger partial charge in [-0.25, -0.2) is 0 Å². The van der Waals surface area contributed by atoms with Gasteiger partial charge >= 0.3 is 0 Å². The zero-order valence-electron chi connectivity index (χ0n) is 10.9.